The number of amides is 1. The van der Waals surface area contributed by atoms with Crippen molar-refractivity contribution in [2.75, 3.05) is 17.2 Å². The molecule has 1 aromatic carbocycles. The Bertz CT molecular complexity index is 482. The van der Waals surface area contributed by atoms with Gasteiger partial charge in [-0.1, -0.05) is 25.0 Å². The lowest BCUT2D eigenvalue weighted by Gasteiger charge is -2.29. The normalized spacial score (nSPS) is 23.4. The van der Waals surface area contributed by atoms with Crippen molar-refractivity contribution in [1.82, 2.24) is 5.32 Å². The average molecular weight is 273 g/mol. The lowest BCUT2D eigenvalue weighted by molar-refractivity contribution is -0.122. The van der Waals surface area contributed by atoms with Crippen molar-refractivity contribution in [3.63, 3.8) is 0 Å². The zero-order valence-electron chi connectivity index (χ0n) is 12.0. The van der Waals surface area contributed by atoms with Crippen molar-refractivity contribution in [3.05, 3.63) is 24.3 Å². The summed E-state index contributed by atoms with van der Waals surface area (Å²) in [5.41, 5.74) is 2.08. The molecule has 4 heteroatoms. The van der Waals surface area contributed by atoms with Gasteiger partial charge in [0.25, 0.3) is 0 Å². The molecule has 3 N–H and O–H groups in total. The highest BCUT2D eigenvalue weighted by Gasteiger charge is 2.27. The highest BCUT2D eigenvalue weighted by molar-refractivity contribution is 5.88. The Hall–Kier alpha value is -1.71. The van der Waals surface area contributed by atoms with E-state index in [-0.39, 0.29) is 18.0 Å². The van der Waals surface area contributed by atoms with Crippen LogP contribution >= 0.6 is 0 Å². The maximum Gasteiger partial charge on any atom is 0.244 e. The molecule has 2 aliphatic rings. The second-order valence-corrected chi connectivity index (χ2v) is 5.97. The van der Waals surface area contributed by atoms with Crippen LogP contribution in [0.25, 0.3) is 0 Å². The number of carbonyl (C=O) groups excluding carboxylic acids is 1. The van der Waals surface area contributed by atoms with Gasteiger partial charge >= 0.3 is 0 Å². The highest BCUT2D eigenvalue weighted by atomic mass is 16.2. The third-order valence-corrected chi connectivity index (χ3v) is 4.55. The number of carbonyl (C=O) groups is 1. The van der Waals surface area contributed by atoms with E-state index in [2.05, 4.69) is 22.9 Å². The molecule has 1 fully saturated rings. The molecule has 108 valence electrons. The van der Waals surface area contributed by atoms with Crippen molar-refractivity contribution >= 4 is 17.3 Å². The minimum absolute atomic E-state index is 0.103. The third-order valence-electron chi connectivity index (χ3n) is 4.55. The molecule has 1 aliphatic carbocycles. The standard InChI is InChI=1S/C16H23N3O/c1-11(12-6-2-3-7-12)18-16(20)15-10-17-13-8-4-5-9-14(13)19-15/h4-5,8-9,11-12,15,17,19H,2-3,6-7,10H2,1H3,(H,18,20). The van der Waals surface area contributed by atoms with Gasteiger partial charge in [0.1, 0.15) is 6.04 Å². The molecule has 0 bridgehead atoms. The molecule has 2 atom stereocenters. The lowest BCUT2D eigenvalue weighted by atomic mass is 9.99. The molecule has 1 amide bonds. The number of benzene rings is 1. The predicted octanol–water partition coefficient (Wildman–Crippen LogP) is 2.59. The molecular weight excluding hydrogens is 250 g/mol. The topological polar surface area (TPSA) is 53.2 Å². The molecule has 1 aromatic rings. The first-order valence-electron chi connectivity index (χ1n) is 7.64. The first-order chi connectivity index (χ1) is 9.74. The van der Waals surface area contributed by atoms with Crippen LogP contribution in [0.15, 0.2) is 24.3 Å². The van der Waals surface area contributed by atoms with E-state index in [0.29, 0.717) is 12.5 Å². The van der Waals surface area contributed by atoms with E-state index < -0.39 is 0 Å². The quantitative estimate of drug-likeness (QED) is 0.793. The van der Waals surface area contributed by atoms with E-state index in [9.17, 15) is 4.79 Å². The zero-order chi connectivity index (χ0) is 13.9. The first-order valence-corrected chi connectivity index (χ1v) is 7.64. The Labute approximate surface area is 120 Å². The summed E-state index contributed by atoms with van der Waals surface area (Å²) in [7, 11) is 0. The fourth-order valence-corrected chi connectivity index (χ4v) is 3.27. The van der Waals surface area contributed by atoms with Gasteiger partial charge in [-0.2, -0.15) is 0 Å². The number of para-hydroxylation sites is 2. The second kappa shape index (κ2) is 5.73. The van der Waals surface area contributed by atoms with E-state index in [0.717, 1.165) is 11.4 Å². The SMILES string of the molecule is CC(NC(=O)C1CNc2ccccc2N1)C1CCCC1. The molecule has 4 nitrogen and oxygen atoms in total. The Balaban J connectivity index is 1.58. The number of rotatable bonds is 3. The number of hydrogen-bond acceptors (Lipinski definition) is 3. The minimum atomic E-state index is -0.186. The third kappa shape index (κ3) is 2.74. The van der Waals surface area contributed by atoms with Crippen LogP contribution in [0.2, 0.25) is 0 Å². The van der Waals surface area contributed by atoms with Crippen molar-refractivity contribution in [1.29, 1.82) is 0 Å². The number of hydrogen-bond donors (Lipinski definition) is 3. The average Bonchev–Trinajstić information content (AvgIpc) is 3.01. The van der Waals surface area contributed by atoms with Crippen molar-refractivity contribution in [2.45, 2.75) is 44.7 Å². The van der Waals surface area contributed by atoms with Gasteiger partial charge in [-0.05, 0) is 37.8 Å². The largest absolute Gasteiger partial charge is 0.381 e. The van der Waals surface area contributed by atoms with Gasteiger partial charge in [-0.25, -0.2) is 0 Å². The zero-order valence-corrected chi connectivity index (χ0v) is 12.0. The Morgan fingerprint density at radius 2 is 1.95 bits per heavy atom. The Morgan fingerprint density at radius 3 is 2.70 bits per heavy atom. The van der Waals surface area contributed by atoms with Gasteiger partial charge in [-0.15, -0.1) is 0 Å². The molecule has 0 saturated heterocycles. The van der Waals surface area contributed by atoms with Crippen molar-refractivity contribution in [3.8, 4) is 0 Å². The van der Waals surface area contributed by atoms with Crippen LogP contribution in [-0.4, -0.2) is 24.5 Å². The molecule has 2 unspecified atom stereocenters. The van der Waals surface area contributed by atoms with E-state index in [4.69, 9.17) is 0 Å². The van der Waals surface area contributed by atoms with Crippen LogP contribution < -0.4 is 16.0 Å². The van der Waals surface area contributed by atoms with E-state index in [1.165, 1.54) is 25.7 Å². The minimum Gasteiger partial charge on any atom is -0.381 e. The highest BCUT2D eigenvalue weighted by Crippen LogP contribution is 2.28. The van der Waals surface area contributed by atoms with Crippen molar-refractivity contribution < 1.29 is 4.79 Å². The van der Waals surface area contributed by atoms with Crippen LogP contribution in [0.4, 0.5) is 11.4 Å². The summed E-state index contributed by atoms with van der Waals surface area (Å²) in [5, 5.41) is 9.81. The molecule has 3 rings (SSSR count). The Morgan fingerprint density at radius 1 is 1.25 bits per heavy atom. The van der Waals surface area contributed by atoms with Crippen LogP contribution in [-0.2, 0) is 4.79 Å². The first kappa shape index (κ1) is 13.3. The summed E-state index contributed by atoms with van der Waals surface area (Å²) in [6.45, 7) is 2.78. The van der Waals surface area contributed by atoms with Crippen molar-refractivity contribution in [2.24, 2.45) is 5.92 Å². The van der Waals surface area contributed by atoms with Crippen LogP contribution in [0.5, 0.6) is 0 Å². The fourth-order valence-electron chi connectivity index (χ4n) is 3.27. The molecule has 1 heterocycles. The summed E-state index contributed by atoms with van der Waals surface area (Å²) in [5.74, 6) is 0.759. The molecule has 0 aromatic heterocycles. The van der Waals surface area contributed by atoms with Gasteiger partial charge in [0.2, 0.25) is 5.91 Å². The number of nitrogens with one attached hydrogen (secondary N) is 3. The van der Waals surface area contributed by atoms with Crippen LogP contribution in [0.1, 0.15) is 32.6 Å². The second-order valence-electron chi connectivity index (χ2n) is 5.97. The van der Waals surface area contributed by atoms with Crippen LogP contribution in [0, 0.1) is 5.92 Å². The number of anilines is 2. The summed E-state index contributed by atoms with van der Waals surface area (Å²) in [4.78, 5) is 12.4. The molecule has 20 heavy (non-hydrogen) atoms. The molecule has 1 saturated carbocycles. The van der Waals surface area contributed by atoms with Crippen LogP contribution in [0.3, 0.4) is 0 Å². The maximum atomic E-state index is 12.4. The summed E-state index contributed by atoms with van der Waals surface area (Å²) >= 11 is 0. The predicted molar refractivity (Wildman–Crippen MR) is 81.9 cm³/mol. The fraction of sp³-hybridized carbons (Fsp3) is 0.562. The summed E-state index contributed by atoms with van der Waals surface area (Å²) in [6.07, 6.45) is 5.12. The summed E-state index contributed by atoms with van der Waals surface area (Å²) in [6, 6.07) is 8.10. The molecule has 0 spiro atoms. The van der Waals surface area contributed by atoms with Gasteiger partial charge < -0.3 is 16.0 Å². The van der Waals surface area contributed by atoms with E-state index >= 15 is 0 Å². The maximum absolute atomic E-state index is 12.4. The monoisotopic (exact) mass is 273 g/mol. The van der Waals surface area contributed by atoms with Gasteiger partial charge in [0.05, 0.1) is 11.4 Å². The summed E-state index contributed by atoms with van der Waals surface area (Å²) < 4.78 is 0. The van der Waals surface area contributed by atoms with Gasteiger partial charge in [0.15, 0.2) is 0 Å². The van der Waals surface area contributed by atoms with Gasteiger partial charge in [-0.3, -0.25) is 4.79 Å². The Kier molecular flexibility index (Phi) is 3.81. The lowest BCUT2D eigenvalue weighted by Crippen LogP contribution is -2.49. The van der Waals surface area contributed by atoms with Gasteiger partial charge in [0, 0.05) is 12.6 Å². The van der Waals surface area contributed by atoms with E-state index in [1.54, 1.807) is 0 Å². The molecule has 0 radical (unpaired) electrons. The molecule has 1 aliphatic heterocycles. The van der Waals surface area contributed by atoms with E-state index in [1.807, 2.05) is 24.3 Å². The number of fused-ring (bicyclic) bond motifs is 1. The smallest absolute Gasteiger partial charge is 0.244 e. The molecular formula is C16H23N3O.